The number of aromatic amines is 1. The predicted molar refractivity (Wildman–Crippen MR) is 59.3 cm³/mol. The van der Waals surface area contributed by atoms with E-state index in [0.717, 1.165) is 10.9 Å². The second-order valence-electron chi connectivity index (χ2n) is 3.28. The SMILES string of the molecule is CCN(C(=O)O)c1ccc2[nH]ccc2c1. The van der Waals surface area contributed by atoms with Crippen molar-refractivity contribution in [2.45, 2.75) is 6.92 Å². The molecule has 1 amide bonds. The van der Waals surface area contributed by atoms with Crippen LogP contribution in [0.4, 0.5) is 10.5 Å². The zero-order valence-electron chi connectivity index (χ0n) is 8.40. The van der Waals surface area contributed by atoms with E-state index in [-0.39, 0.29) is 0 Å². The molecule has 0 saturated carbocycles. The summed E-state index contributed by atoms with van der Waals surface area (Å²) in [5.74, 6) is 0. The fourth-order valence-electron chi connectivity index (χ4n) is 1.64. The van der Waals surface area contributed by atoms with Crippen molar-refractivity contribution in [2.24, 2.45) is 0 Å². The number of anilines is 1. The van der Waals surface area contributed by atoms with Crippen LogP contribution in [0.1, 0.15) is 6.92 Å². The molecule has 4 heteroatoms. The second kappa shape index (κ2) is 3.65. The first kappa shape index (κ1) is 9.58. The van der Waals surface area contributed by atoms with Crippen molar-refractivity contribution in [1.29, 1.82) is 0 Å². The normalized spacial score (nSPS) is 10.5. The molecule has 15 heavy (non-hydrogen) atoms. The molecule has 2 N–H and O–H groups in total. The van der Waals surface area contributed by atoms with Crippen LogP contribution in [0.15, 0.2) is 30.5 Å². The predicted octanol–water partition coefficient (Wildman–Crippen LogP) is 2.67. The first-order chi connectivity index (χ1) is 7.22. The first-order valence-electron chi connectivity index (χ1n) is 4.80. The number of carbonyl (C=O) groups is 1. The minimum Gasteiger partial charge on any atom is -0.465 e. The van der Waals surface area contributed by atoms with Crippen molar-refractivity contribution in [3.63, 3.8) is 0 Å². The number of H-pyrrole nitrogens is 1. The molecule has 0 spiro atoms. The van der Waals surface area contributed by atoms with Gasteiger partial charge in [-0.3, -0.25) is 4.90 Å². The van der Waals surface area contributed by atoms with E-state index >= 15 is 0 Å². The number of nitrogens with zero attached hydrogens (tertiary/aromatic N) is 1. The van der Waals surface area contributed by atoms with E-state index < -0.39 is 6.09 Å². The zero-order valence-corrected chi connectivity index (χ0v) is 8.40. The molecule has 0 aliphatic rings. The van der Waals surface area contributed by atoms with Crippen molar-refractivity contribution >= 4 is 22.7 Å². The van der Waals surface area contributed by atoms with E-state index in [1.54, 1.807) is 6.07 Å². The standard InChI is InChI=1S/C11H12N2O2/c1-2-13(11(14)15)9-3-4-10-8(7-9)5-6-12-10/h3-7,12H,2H2,1H3,(H,14,15). The maximum atomic E-state index is 10.9. The third-order valence-electron chi connectivity index (χ3n) is 2.40. The summed E-state index contributed by atoms with van der Waals surface area (Å²) in [6.07, 6.45) is 0.915. The molecule has 1 heterocycles. The van der Waals surface area contributed by atoms with Gasteiger partial charge in [0, 0.05) is 29.3 Å². The van der Waals surface area contributed by atoms with Gasteiger partial charge in [0.2, 0.25) is 0 Å². The molecule has 0 radical (unpaired) electrons. The van der Waals surface area contributed by atoms with Crippen LogP contribution in [0, 0.1) is 0 Å². The van der Waals surface area contributed by atoms with Crippen LogP contribution >= 0.6 is 0 Å². The van der Waals surface area contributed by atoms with Crippen molar-refractivity contribution in [3.8, 4) is 0 Å². The minimum atomic E-state index is -0.924. The molecule has 0 fully saturated rings. The highest BCUT2D eigenvalue weighted by molar-refractivity contribution is 5.91. The van der Waals surface area contributed by atoms with Crippen molar-refractivity contribution in [1.82, 2.24) is 4.98 Å². The average molecular weight is 204 g/mol. The Balaban J connectivity index is 2.46. The summed E-state index contributed by atoms with van der Waals surface area (Å²) in [4.78, 5) is 15.3. The summed E-state index contributed by atoms with van der Waals surface area (Å²) in [5.41, 5.74) is 1.72. The topological polar surface area (TPSA) is 56.3 Å². The van der Waals surface area contributed by atoms with Gasteiger partial charge in [-0.1, -0.05) is 0 Å². The third kappa shape index (κ3) is 1.66. The number of benzene rings is 1. The molecule has 78 valence electrons. The number of amides is 1. The molecule has 1 aromatic heterocycles. The summed E-state index contributed by atoms with van der Waals surface area (Å²) in [5, 5.41) is 9.99. The molecule has 0 aliphatic heterocycles. The number of hydrogen-bond acceptors (Lipinski definition) is 1. The van der Waals surface area contributed by atoms with E-state index in [2.05, 4.69) is 4.98 Å². The molecule has 0 saturated heterocycles. The van der Waals surface area contributed by atoms with Crippen molar-refractivity contribution < 1.29 is 9.90 Å². The molecule has 0 aliphatic carbocycles. The van der Waals surface area contributed by atoms with Crippen LogP contribution in [-0.2, 0) is 0 Å². The fourth-order valence-corrected chi connectivity index (χ4v) is 1.64. The fraction of sp³-hybridized carbons (Fsp3) is 0.182. The monoisotopic (exact) mass is 204 g/mol. The van der Waals surface area contributed by atoms with Gasteiger partial charge in [-0.25, -0.2) is 4.79 Å². The van der Waals surface area contributed by atoms with E-state index in [9.17, 15) is 4.79 Å². The Bertz CT molecular complexity index is 490. The number of aromatic nitrogens is 1. The number of rotatable bonds is 2. The minimum absolute atomic E-state index is 0.450. The molecule has 4 nitrogen and oxygen atoms in total. The Kier molecular flexibility index (Phi) is 2.33. The molecular weight excluding hydrogens is 192 g/mol. The summed E-state index contributed by atoms with van der Waals surface area (Å²) < 4.78 is 0. The van der Waals surface area contributed by atoms with Gasteiger partial charge in [-0.15, -0.1) is 0 Å². The molecule has 1 aromatic carbocycles. The van der Waals surface area contributed by atoms with Crippen LogP contribution < -0.4 is 4.90 Å². The number of nitrogens with one attached hydrogen (secondary N) is 1. The Hall–Kier alpha value is -1.97. The zero-order chi connectivity index (χ0) is 10.8. The van der Waals surface area contributed by atoms with Gasteiger partial charge < -0.3 is 10.1 Å². The van der Waals surface area contributed by atoms with Gasteiger partial charge in [-0.2, -0.15) is 0 Å². The summed E-state index contributed by atoms with van der Waals surface area (Å²) in [6, 6.07) is 7.48. The van der Waals surface area contributed by atoms with Crippen LogP contribution in [0.3, 0.4) is 0 Å². The van der Waals surface area contributed by atoms with E-state index in [1.165, 1.54) is 4.90 Å². The highest BCUT2D eigenvalue weighted by Crippen LogP contribution is 2.21. The molecule has 0 bridgehead atoms. The maximum absolute atomic E-state index is 10.9. The van der Waals surface area contributed by atoms with Gasteiger partial charge in [0.1, 0.15) is 0 Å². The summed E-state index contributed by atoms with van der Waals surface area (Å²) >= 11 is 0. The molecule has 0 atom stereocenters. The average Bonchev–Trinajstić information content (AvgIpc) is 2.65. The lowest BCUT2D eigenvalue weighted by atomic mass is 10.2. The number of hydrogen-bond donors (Lipinski definition) is 2. The Morgan fingerprint density at radius 1 is 1.47 bits per heavy atom. The molecule has 2 aromatic rings. The number of fused-ring (bicyclic) bond motifs is 1. The van der Waals surface area contributed by atoms with Crippen LogP contribution in [0.5, 0.6) is 0 Å². The van der Waals surface area contributed by atoms with Crippen LogP contribution in [0.2, 0.25) is 0 Å². The van der Waals surface area contributed by atoms with E-state index in [1.807, 2.05) is 31.3 Å². The van der Waals surface area contributed by atoms with E-state index in [4.69, 9.17) is 5.11 Å². The maximum Gasteiger partial charge on any atom is 0.411 e. The van der Waals surface area contributed by atoms with E-state index in [0.29, 0.717) is 12.2 Å². The highest BCUT2D eigenvalue weighted by atomic mass is 16.4. The Morgan fingerprint density at radius 3 is 2.93 bits per heavy atom. The molecule has 0 unspecified atom stereocenters. The lowest BCUT2D eigenvalue weighted by molar-refractivity contribution is 0.202. The van der Waals surface area contributed by atoms with Gasteiger partial charge in [0.05, 0.1) is 0 Å². The summed E-state index contributed by atoms with van der Waals surface area (Å²) in [6.45, 7) is 2.26. The Labute approximate surface area is 87.1 Å². The van der Waals surface area contributed by atoms with Gasteiger partial charge in [0.25, 0.3) is 0 Å². The van der Waals surface area contributed by atoms with Gasteiger partial charge >= 0.3 is 6.09 Å². The smallest absolute Gasteiger partial charge is 0.411 e. The van der Waals surface area contributed by atoms with Gasteiger partial charge in [-0.05, 0) is 31.2 Å². The van der Waals surface area contributed by atoms with Crippen LogP contribution in [-0.4, -0.2) is 22.7 Å². The Morgan fingerprint density at radius 2 is 2.27 bits per heavy atom. The van der Waals surface area contributed by atoms with Gasteiger partial charge in [0.15, 0.2) is 0 Å². The largest absolute Gasteiger partial charge is 0.465 e. The quantitative estimate of drug-likeness (QED) is 0.790. The van der Waals surface area contributed by atoms with Crippen LogP contribution in [0.25, 0.3) is 10.9 Å². The van der Waals surface area contributed by atoms with Crippen molar-refractivity contribution in [3.05, 3.63) is 30.5 Å². The van der Waals surface area contributed by atoms with Crippen molar-refractivity contribution in [2.75, 3.05) is 11.4 Å². The second-order valence-corrected chi connectivity index (χ2v) is 3.28. The summed E-state index contributed by atoms with van der Waals surface area (Å²) in [7, 11) is 0. The molecule has 2 rings (SSSR count). The first-order valence-corrected chi connectivity index (χ1v) is 4.80. The third-order valence-corrected chi connectivity index (χ3v) is 2.40. The lowest BCUT2D eigenvalue weighted by Gasteiger charge is -2.16. The molecular formula is C11H12N2O2. The number of carboxylic acid groups (broad SMARTS) is 1. The lowest BCUT2D eigenvalue weighted by Crippen LogP contribution is -2.28. The highest BCUT2D eigenvalue weighted by Gasteiger charge is 2.11.